The molecule has 2 nitrogen and oxygen atoms in total. The zero-order chi connectivity index (χ0) is 15.8. The van der Waals surface area contributed by atoms with E-state index in [0.717, 1.165) is 37.4 Å². The fraction of sp³-hybridized carbons (Fsp3) is 0.579. The minimum absolute atomic E-state index is 0.635. The highest BCUT2D eigenvalue weighted by atomic mass is 14.9. The second-order valence-electron chi connectivity index (χ2n) is 6.76. The molecule has 1 aliphatic rings. The number of rotatable bonds is 8. The summed E-state index contributed by atoms with van der Waals surface area (Å²) in [6.45, 7) is 7.32. The van der Waals surface area contributed by atoms with E-state index in [9.17, 15) is 0 Å². The first-order chi connectivity index (χ1) is 10.7. The first-order valence-electron chi connectivity index (χ1n) is 8.93. The largest absolute Gasteiger partial charge is 0.393 e. The highest BCUT2D eigenvalue weighted by molar-refractivity contribution is 6.38. The van der Waals surface area contributed by atoms with Crippen LogP contribution in [0.5, 0.6) is 0 Å². The summed E-state index contributed by atoms with van der Waals surface area (Å²) in [5.74, 6) is 1.58. The van der Waals surface area contributed by atoms with Gasteiger partial charge in [0.05, 0.1) is 0 Å². The number of aryl methyl sites for hydroxylation is 1. The molecule has 1 aromatic rings. The molecule has 2 unspecified atom stereocenters. The zero-order valence-electron chi connectivity index (χ0n) is 14.1. The third-order valence-corrected chi connectivity index (χ3v) is 4.91. The molecule has 1 heterocycles. The summed E-state index contributed by atoms with van der Waals surface area (Å²) in [4.78, 5) is 0. The van der Waals surface area contributed by atoms with Gasteiger partial charge in [-0.05, 0) is 55.2 Å². The number of nitrogens with two attached hydrogens (primary N) is 1. The number of benzene rings is 1. The van der Waals surface area contributed by atoms with Crippen LogP contribution in [0.1, 0.15) is 43.7 Å². The molecule has 1 aromatic carbocycles. The summed E-state index contributed by atoms with van der Waals surface area (Å²) in [7, 11) is 1.30. The Kier molecular flexibility index (Phi) is 7.05. The fourth-order valence-corrected chi connectivity index (χ4v) is 3.50. The Morgan fingerprint density at radius 2 is 2.18 bits per heavy atom. The van der Waals surface area contributed by atoms with Gasteiger partial charge in [-0.2, -0.15) is 0 Å². The maximum Gasteiger partial charge on any atom is 0.149 e. The van der Waals surface area contributed by atoms with Crippen LogP contribution in [-0.2, 0) is 12.8 Å². The van der Waals surface area contributed by atoms with E-state index in [1.54, 1.807) is 0 Å². The van der Waals surface area contributed by atoms with Crippen LogP contribution in [0.3, 0.4) is 0 Å². The highest BCUT2D eigenvalue weighted by Gasteiger charge is 2.21. The van der Waals surface area contributed by atoms with Crippen LogP contribution in [0.25, 0.3) is 0 Å². The van der Waals surface area contributed by atoms with Crippen LogP contribution in [0.15, 0.2) is 36.5 Å². The number of hydrogen-bond donors (Lipinski definition) is 2. The van der Waals surface area contributed by atoms with Crippen LogP contribution >= 0.6 is 0 Å². The van der Waals surface area contributed by atoms with E-state index >= 15 is 0 Å². The summed E-state index contributed by atoms with van der Waals surface area (Å²) < 4.78 is 0. The van der Waals surface area contributed by atoms with E-state index in [4.69, 9.17) is 5.73 Å². The molecule has 0 amide bonds. The van der Waals surface area contributed by atoms with Crippen molar-refractivity contribution in [3.63, 3.8) is 0 Å². The molecule has 1 saturated heterocycles. The quantitative estimate of drug-likeness (QED) is 0.723. The molecule has 1 aliphatic heterocycles. The molecule has 2 rings (SSSR count). The van der Waals surface area contributed by atoms with Crippen LogP contribution in [0.4, 0.5) is 0 Å². The summed E-state index contributed by atoms with van der Waals surface area (Å²) in [6.07, 6.45) is 8.45. The van der Waals surface area contributed by atoms with Crippen LogP contribution in [0, 0.1) is 5.92 Å². The monoisotopic (exact) mass is 298 g/mol. The normalized spacial score (nSPS) is 21.2. The Hall–Kier alpha value is -1.22. The molecule has 0 radical (unpaired) electrons. The maximum atomic E-state index is 5.59. The second kappa shape index (κ2) is 9.04. The molecular weight excluding hydrogens is 267 g/mol. The Morgan fingerprint density at radius 3 is 2.86 bits per heavy atom. The highest BCUT2D eigenvalue weighted by Crippen LogP contribution is 2.23. The van der Waals surface area contributed by atoms with Crippen molar-refractivity contribution in [2.45, 2.75) is 57.7 Å². The zero-order valence-corrected chi connectivity index (χ0v) is 14.1. The fourth-order valence-electron chi connectivity index (χ4n) is 3.50. The van der Waals surface area contributed by atoms with Crippen molar-refractivity contribution < 1.29 is 0 Å². The topological polar surface area (TPSA) is 38.0 Å². The van der Waals surface area contributed by atoms with Gasteiger partial charge in [0.25, 0.3) is 0 Å². The lowest BCUT2D eigenvalue weighted by molar-refractivity contribution is 0.444. The van der Waals surface area contributed by atoms with E-state index in [0.29, 0.717) is 5.94 Å². The van der Waals surface area contributed by atoms with E-state index in [2.05, 4.69) is 43.1 Å². The summed E-state index contributed by atoms with van der Waals surface area (Å²) in [5.41, 5.74) is 9.50. The molecule has 3 heteroatoms. The third kappa shape index (κ3) is 5.53. The molecule has 0 aliphatic carbocycles. The van der Waals surface area contributed by atoms with Crippen molar-refractivity contribution in [3.05, 3.63) is 47.7 Å². The van der Waals surface area contributed by atoms with Gasteiger partial charge in [-0.15, -0.1) is 0 Å². The van der Waals surface area contributed by atoms with Crippen molar-refractivity contribution >= 4 is 7.28 Å². The van der Waals surface area contributed by atoms with Crippen LogP contribution < -0.4 is 11.1 Å². The van der Waals surface area contributed by atoms with Crippen molar-refractivity contribution in [1.82, 2.24) is 5.32 Å². The Balaban J connectivity index is 1.79. The minimum Gasteiger partial charge on any atom is -0.393 e. The minimum atomic E-state index is 0.635. The van der Waals surface area contributed by atoms with E-state index in [1.807, 2.05) is 0 Å². The average molecular weight is 298 g/mol. The van der Waals surface area contributed by atoms with E-state index in [1.165, 1.54) is 44.0 Å². The standard InChI is InChI=1S/C19H31BN2/c1-3-16-9-10-19(20-14-16)22-15(2)12-18-7-4-6-17(13-18)8-5-11-21/h4,6-7,13,16,19-20,22H,2-3,5,8-12,14,21H2,1H3. The number of nitrogens with one attached hydrogen (secondary N) is 1. The van der Waals surface area contributed by atoms with Crippen LogP contribution in [0.2, 0.25) is 6.32 Å². The Morgan fingerprint density at radius 1 is 1.36 bits per heavy atom. The lowest BCUT2D eigenvalue weighted by Crippen LogP contribution is -2.38. The van der Waals surface area contributed by atoms with Gasteiger partial charge in [0.1, 0.15) is 7.28 Å². The van der Waals surface area contributed by atoms with Gasteiger partial charge >= 0.3 is 0 Å². The SMILES string of the molecule is C=C(Cc1cccc(CCCN)c1)NC1BCC(CC)CC1. The summed E-state index contributed by atoms with van der Waals surface area (Å²) in [5, 5.41) is 3.66. The molecule has 120 valence electrons. The molecule has 0 bridgehead atoms. The Labute approximate surface area is 136 Å². The van der Waals surface area contributed by atoms with Gasteiger partial charge in [-0.1, -0.05) is 50.5 Å². The molecule has 0 spiro atoms. The van der Waals surface area contributed by atoms with E-state index in [-0.39, 0.29) is 0 Å². The summed E-state index contributed by atoms with van der Waals surface area (Å²) >= 11 is 0. The van der Waals surface area contributed by atoms with Gasteiger partial charge < -0.3 is 11.1 Å². The Bertz CT molecular complexity index is 464. The predicted octanol–water partition coefficient (Wildman–Crippen LogP) is 3.22. The van der Waals surface area contributed by atoms with Crippen molar-refractivity contribution in [3.8, 4) is 0 Å². The first-order valence-corrected chi connectivity index (χ1v) is 8.93. The van der Waals surface area contributed by atoms with E-state index < -0.39 is 0 Å². The van der Waals surface area contributed by atoms with Gasteiger partial charge in [-0.3, -0.25) is 0 Å². The van der Waals surface area contributed by atoms with Crippen molar-refractivity contribution in [1.29, 1.82) is 0 Å². The molecular formula is C19H31BN2. The average Bonchev–Trinajstić information content (AvgIpc) is 2.54. The maximum absolute atomic E-state index is 5.59. The first kappa shape index (κ1) is 17.1. The molecule has 1 fully saturated rings. The van der Waals surface area contributed by atoms with Gasteiger partial charge in [0.15, 0.2) is 0 Å². The van der Waals surface area contributed by atoms with Crippen molar-refractivity contribution in [2.75, 3.05) is 6.54 Å². The second-order valence-corrected chi connectivity index (χ2v) is 6.76. The molecule has 2 atom stereocenters. The number of allylic oxidation sites excluding steroid dienone is 1. The van der Waals surface area contributed by atoms with Gasteiger partial charge in [0, 0.05) is 12.1 Å². The number of hydrogen-bond acceptors (Lipinski definition) is 2. The van der Waals surface area contributed by atoms with Gasteiger partial charge in [-0.25, -0.2) is 0 Å². The lowest BCUT2D eigenvalue weighted by Gasteiger charge is -2.29. The molecule has 22 heavy (non-hydrogen) atoms. The van der Waals surface area contributed by atoms with Gasteiger partial charge in [0.2, 0.25) is 0 Å². The smallest absolute Gasteiger partial charge is 0.149 e. The predicted molar refractivity (Wildman–Crippen MR) is 98.6 cm³/mol. The third-order valence-electron chi connectivity index (χ3n) is 4.91. The van der Waals surface area contributed by atoms with Crippen molar-refractivity contribution in [2.24, 2.45) is 11.7 Å². The molecule has 3 N–H and O–H groups in total. The van der Waals surface area contributed by atoms with Crippen LogP contribution in [-0.4, -0.2) is 19.8 Å². The molecule has 0 saturated carbocycles. The molecule has 0 aromatic heterocycles. The lowest BCUT2D eigenvalue weighted by atomic mass is 9.56. The summed E-state index contributed by atoms with van der Waals surface area (Å²) in [6, 6.07) is 8.85.